The average Bonchev–Trinajstić information content (AvgIpc) is 2.70. The van der Waals surface area contributed by atoms with Crippen LogP contribution in [0.1, 0.15) is 37.9 Å². The SMILES string of the molecule is CCCCCOc1ccc(C2Oc3ccccc3OC2C(=O)O)cc1OC. The Balaban J connectivity index is 1.84. The van der Waals surface area contributed by atoms with E-state index >= 15 is 0 Å². The molecule has 6 heteroatoms. The van der Waals surface area contributed by atoms with Crippen LogP contribution in [0.5, 0.6) is 23.0 Å². The molecule has 0 bridgehead atoms. The first-order valence-corrected chi connectivity index (χ1v) is 9.10. The zero-order valence-electron chi connectivity index (χ0n) is 15.5. The lowest BCUT2D eigenvalue weighted by Crippen LogP contribution is -2.39. The van der Waals surface area contributed by atoms with E-state index < -0.39 is 18.2 Å². The van der Waals surface area contributed by atoms with Crippen LogP contribution in [-0.2, 0) is 4.79 Å². The van der Waals surface area contributed by atoms with Crippen LogP contribution in [0.2, 0.25) is 0 Å². The minimum atomic E-state index is -1.15. The molecule has 2 aromatic rings. The van der Waals surface area contributed by atoms with Gasteiger partial charge in [0.05, 0.1) is 13.7 Å². The van der Waals surface area contributed by atoms with Crippen LogP contribution in [0, 0.1) is 0 Å². The third kappa shape index (κ3) is 4.27. The second-order valence-corrected chi connectivity index (χ2v) is 6.33. The van der Waals surface area contributed by atoms with Crippen LogP contribution >= 0.6 is 0 Å². The zero-order valence-corrected chi connectivity index (χ0v) is 15.5. The van der Waals surface area contributed by atoms with Gasteiger partial charge in [-0.1, -0.05) is 38.0 Å². The predicted molar refractivity (Wildman–Crippen MR) is 99.9 cm³/mol. The lowest BCUT2D eigenvalue weighted by molar-refractivity contribution is -0.151. The summed E-state index contributed by atoms with van der Waals surface area (Å²) in [6.07, 6.45) is 1.25. The molecule has 1 aliphatic rings. The van der Waals surface area contributed by atoms with E-state index in [-0.39, 0.29) is 0 Å². The summed E-state index contributed by atoms with van der Waals surface area (Å²) in [6.45, 7) is 2.75. The maximum absolute atomic E-state index is 11.7. The first-order valence-electron chi connectivity index (χ1n) is 9.10. The second kappa shape index (κ2) is 8.66. The van der Waals surface area contributed by atoms with E-state index in [9.17, 15) is 9.90 Å². The number of methoxy groups -OCH3 is 1. The molecule has 2 atom stereocenters. The summed E-state index contributed by atoms with van der Waals surface area (Å²) in [7, 11) is 1.56. The fraction of sp³-hybridized carbons (Fsp3) is 0.381. The third-order valence-corrected chi connectivity index (χ3v) is 4.40. The van der Waals surface area contributed by atoms with Gasteiger partial charge in [-0.25, -0.2) is 4.79 Å². The summed E-state index contributed by atoms with van der Waals surface area (Å²) >= 11 is 0. The number of para-hydroxylation sites is 2. The number of benzene rings is 2. The molecule has 0 radical (unpaired) electrons. The fourth-order valence-corrected chi connectivity index (χ4v) is 2.98. The number of ether oxygens (including phenoxy) is 4. The number of carbonyl (C=O) groups is 1. The van der Waals surface area contributed by atoms with Crippen molar-refractivity contribution in [3.8, 4) is 23.0 Å². The summed E-state index contributed by atoms with van der Waals surface area (Å²) in [5.41, 5.74) is 0.648. The van der Waals surface area contributed by atoms with Gasteiger partial charge < -0.3 is 24.1 Å². The van der Waals surface area contributed by atoms with Gasteiger partial charge in [-0.15, -0.1) is 0 Å². The van der Waals surface area contributed by atoms with Crippen molar-refractivity contribution in [3.05, 3.63) is 48.0 Å². The summed E-state index contributed by atoms with van der Waals surface area (Å²) in [6, 6.07) is 12.3. The largest absolute Gasteiger partial charge is 0.493 e. The Bertz CT molecular complexity index is 788. The van der Waals surface area contributed by atoms with E-state index in [1.54, 1.807) is 43.5 Å². The number of fused-ring (bicyclic) bond motifs is 1. The predicted octanol–water partition coefficient (Wildman–Crippen LogP) is 4.23. The van der Waals surface area contributed by atoms with Crippen molar-refractivity contribution >= 4 is 5.97 Å². The van der Waals surface area contributed by atoms with Gasteiger partial charge in [-0.2, -0.15) is 0 Å². The van der Waals surface area contributed by atoms with E-state index in [1.165, 1.54) is 0 Å². The molecule has 1 aliphatic heterocycles. The summed E-state index contributed by atoms with van der Waals surface area (Å²) in [5, 5.41) is 9.58. The van der Waals surface area contributed by atoms with Crippen molar-refractivity contribution in [1.82, 2.24) is 0 Å². The smallest absolute Gasteiger partial charge is 0.349 e. The highest BCUT2D eigenvalue weighted by atomic mass is 16.6. The molecule has 3 rings (SSSR count). The molecular weight excluding hydrogens is 348 g/mol. The number of hydrogen-bond donors (Lipinski definition) is 1. The molecule has 2 unspecified atom stereocenters. The van der Waals surface area contributed by atoms with Gasteiger partial charge in [0, 0.05) is 5.56 Å². The van der Waals surface area contributed by atoms with Crippen LogP contribution in [0.25, 0.3) is 0 Å². The number of hydrogen-bond acceptors (Lipinski definition) is 5. The minimum Gasteiger partial charge on any atom is -0.493 e. The van der Waals surface area contributed by atoms with E-state index in [0.29, 0.717) is 35.2 Å². The molecule has 144 valence electrons. The van der Waals surface area contributed by atoms with Crippen LogP contribution in [0.3, 0.4) is 0 Å². The van der Waals surface area contributed by atoms with Gasteiger partial charge in [0.15, 0.2) is 29.1 Å². The van der Waals surface area contributed by atoms with Crippen LogP contribution in [-0.4, -0.2) is 30.9 Å². The van der Waals surface area contributed by atoms with Gasteiger partial charge in [0.25, 0.3) is 0 Å². The Morgan fingerprint density at radius 1 is 1.07 bits per heavy atom. The normalized spacial score (nSPS) is 18.0. The van der Waals surface area contributed by atoms with Gasteiger partial charge >= 0.3 is 5.97 Å². The summed E-state index contributed by atoms with van der Waals surface area (Å²) in [5.74, 6) is 1.01. The van der Waals surface area contributed by atoms with Crippen molar-refractivity contribution in [2.45, 2.75) is 38.4 Å². The lowest BCUT2D eigenvalue weighted by atomic mass is 10.0. The molecule has 27 heavy (non-hydrogen) atoms. The van der Waals surface area contributed by atoms with Crippen molar-refractivity contribution in [2.75, 3.05) is 13.7 Å². The molecular formula is C21H24O6. The van der Waals surface area contributed by atoms with Gasteiger partial charge in [0.2, 0.25) is 6.10 Å². The first kappa shape index (κ1) is 18.9. The Morgan fingerprint density at radius 2 is 1.81 bits per heavy atom. The molecule has 6 nitrogen and oxygen atoms in total. The van der Waals surface area contributed by atoms with Crippen LogP contribution in [0.15, 0.2) is 42.5 Å². The summed E-state index contributed by atoms with van der Waals surface area (Å²) < 4.78 is 22.8. The Kier molecular flexibility index (Phi) is 6.06. The minimum absolute atomic E-state index is 0.420. The number of carboxylic acids is 1. The quantitative estimate of drug-likeness (QED) is 0.699. The molecule has 0 aromatic heterocycles. The lowest BCUT2D eigenvalue weighted by Gasteiger charge is -2.32. The molecule has 0 saturated carbocycles. The van der Waals surface area contributed by atoms with E-state index in [0.717, 1.165) is 19.3 Å². The Morgan fingerprint density at radius 3 is 2.48 bits per heavy atom. The maximum atomic E-state index is 11.7. The highest BCUT2D eigenvalue weighted by molar-refractivity contribution is 5.75. The molecule has 0 aliphatic carbocycles. The molecule has 1 heterocycles. The number of rotatable bonds is 8. The molecule has 1 N–H and O–H groups in total. The molecule has 0 spiro atoms. The first-order chi connectivity index (χ1) is 13.1. The highest BCUT2D eigenvalue weighted by Gasteiger charge is 2.38. The van der Waals surface area contributed by atoms with Gasteiger partial charge in [-0.3, -0.25) is 0 Å². The average molecular weight is 372 g/mol. The topological polar surface area (TPSA) is 74.2 Å². The number of aliphatic carboxylic acids is 1. The second-order valence-electron chi connectivity index (χ2n) is 6.33. The van der Waals surface area contributed by atoms with E-state index in [1.807, 2.05) is 6.07 Å². The van der Waals surface area contributed by atoms with E-state index in [2.05, 4.69) is 6.92 Å². The monoisotopic (exact) mass is 372 g/mol. The standard InChI is InChI=1S/C21H24O6/c1-3-4-7-12-25-15-11-10-14(13-18(15)24-2)19-20(21(22)23)27-17-9-6-5-8-16(17)26-19/h5-6,8-11,13,19-20H,3-4,7,12H2,1-2H3,(H,22,23). The Hall–Kier alpha value is -2.89. The highest BCUT2D eigenvalue weighted by Crippen LogP contribution is 2.41. The van der Waals surface area contributed by atoms with Crippen molar-refractivity contribution in [1.29, 1.82) is 0 Å². The van der Waals surface area contributed by atoms with Crippen molar-refractivity contribution < 1.29 is 28.8 Å². The summed E-state index contributed by atoms with van der Waals surface area (Å²) in [4.78, 5) is 11.7. The maximum Gasteiger partial charge on any atom is 0.349 e. The van der Waals surface area contributed by atoms with Gasteiger partial charge in [0.1, 0.15) is 0 Å². The van der Waals surface area contributed by atoms with E-state index in [4.69, 9.17) is 18.9 Å². The number of carboxylic acid groups (broad SMARTS) is 1. The Labute approximate surface area is 158 Å². The number of unbranched alkanes of at least 4 members (excludes halogenated alkanes) is 2. The van der Waals surface area contributed by atoms with Crippen LogP contribution in [0.4, 0.5) is 0 Å². The van der Waals surface area contributed by atoms with Crippen LogP contribution < -0.4 is 18.9 Å². The van der Waals surface area contributed by atoms with Crippen molar-refractivity contribution in [2.24, 2.45) is 0 Å². The van der Waals surface area contributed by atoms with Gasteiger partial charge in [-0.05, 0) is 30.7 Å². The third-order valence-electron chi connectivity index (χ3n) is 4.40. The fourth-order valence-electron chi connectivity index (χ4n) is 2.98. The molecule has 2 aromatic carbocycles. The van der Waals surface area contributed by atoms with Crippen molar-refractivity contribution in [3.63, 3.8) is 0 Å². The zero-order chi connectivity index (χ0) is 19.2. The molecule has 0 amide bonds. The molecule has 0 fully saturated rings. The molecule has 0 saturated heterocycles.